The van der Waals surface area contributed by atoms with Gasteiger partial charge in [-0.05, 0) is 38.0 Å². The van der Waals surface area contributed by atoms with Crippen LogP contribution in [0.15, 0.2) is 15.8 Å². The number of halogens is 2. The van der Waals surface area contributed by atoms with Crippen LogP contribution in [0.4, 0.5) is 0 Å². The Morgan fingerprint density at radius 2 is 2.10 bits per heavy atom. The number of aliphatic hydroxyl groups is 1. The summed E-state index contributed by atoms with van der Waals surface area (Å²) in [6.07, 6.45) is 4.23. The lowest BCUT2D eigenvalue weighted by Gasteiger charge is -2.19. The third-order valence-corrected chi connectivity index (χ3v) is 6.66. The summed E-state index contributed by atoms with van der Waals surface area (Å²) in [6, 6.07) is 0.0465. The van der Waals surface area contributed by atoms with Crippen LogP contribution >= 0.6 is 31.9 Å². The van der Waals surface area contributed by atoms with Crippen LogP contribution in [-0.2, 0) is 0 Å². The monoisotopic (exact) mass is 422 g/mol. The summed E-state index contributed by atoms with van der Waals surface area (Å²) in [6.45, 7) is 1.84. The molecule has 7 heteroatoms. The molecule has 0 saturated heterocycles. The van der Waals surface area contributed by atoms with Gasteiger partial charge in [0.05, 0.1) is 0 Å². The van der Waals surface area contributed by atoms with Crippen molar-refractivity contribution in [1.29, 1.82) is 0 Å². The lowest BCUT2D eigenvalue weighted by atomic mass is 9.93. The van der Waals surface area contributed by atoms with Gasteiger partial charge in [0.1, 0.15) is 0 Å². The molecule has 2 N–H and O–H groups in total. The van der Waals surface area contributed by atoms with Gasteiger partial charge in [-0.1, -0.05) is 31.9 Å². The number of aromatic nitrogens is 2. The van der Waals surface area contributed by atoms with Gasteiger partial charge in [0.2, 0.25) is 0 Å². The number of aromatic amines is 1. The number of nitrogens with zero attached hydrogens (tertiary/aromatic N) is 1. The van der Waals surface area contributed by atoms with E-state index in [9.17, 15) is 14.7 Å². The predicted octanol–water partition coefficient (Wildman–Crippen LogP) is 1.95. The summed E-state index contributed by atoms with van der Waals surface area (Å²) in [5, 5.41) is 10.4. The molecule has 1 aliphatic carbocycles. The van der Waals surface area contributed by atoms with Crippen molar-refractivity contribution in [2.24, 2.45) is 11.8 Å². The quantitative estimate of drug-likeness (QED) is 0.710. The summed E-state index contributed by atoms with van der Waals surface area (Å²) in [5.41, 5.74) is -0.148. The molecule has 1 aliphatic rings. The minimum atomic E-state index is -0.358. The Kier molecular flexibility index (Phi) is 5.85. The summed E-state index contributed by atoms with van der Waals surface area (Å²) >= 11 is 7.06. The van der Waals surface area contributed by atoms with Crippen molar-refractivity contribution >= 4 is 31.9 Å². The van der Waals surface area contributed by atoms with Gasteiger partial charge in [0.15, 0.2) is 0 Å². The topological polar surface area (TPSA) is 75.1 Å². The number of alkyl halides is 2. The van der Waals surface area contributed by atoms with Crippen LogP contribution in [0, 0.1) is 18.8 Å². The van der Waals surface area contributed by atoms with Crippen LogP contribution in [-0.4, -0.2) is 31.4 Å². The Balaban J connectivity index is 2.21. The van der Waals surface area contributed by atoms with Crippen LogP contribution < -0.4 is 11.2 Å². The molecule has 118 valence electrons. The number of hydrogen-bond donors (Lipinski definition) is 2. The highest BCUT2D eigenvalue weighted by atomic mass is 79.9. The van der Waals surface area contributed by atoms with E-state index in [1.165, 1.54) is 0 Å². The molecule has 5 nitrogen and oxygen atoms in total. The summed E-state index contributed by atoms with van der Waals surface area (Å²) in [4.78, 5) is 26.2. The minimum Gasteiger partial charge on any atom is -0.396 e. The smallest absolute Gasteiger partial charge is 0.328 e. The van der Waals surface area contributed by atoms with E-state index in [0.29, 0.717) is 16.3 Å². The highest BCUT2D eigenvalue weighted by Crippen LogP contribution is 2.41. The lowest BCUT2D eigenvalue weighted by Crippen LogP contribution is -2.32. The van der Waals surface area contributed by atoms with Gasteiger partial charge in [-0.3, -0.25) is 14.3 Å². The third-order valence-electron chi connectivity index (χ3n) is 4.32. The zero-order valence-electron chi connectivity index (χ0n) is 11.9. The molecule has 4 atom stereocenters. The average Bonchev–Trinajstić information content (AvgIpc) is 2.85. The van der Waals surface area contributed by atoms with E-state index in [1.54, 1.807) is 17.7 Å². The third kappa shape index (κ3) is 3.87. The van der Waals surface area contributed by atoms with Crippen molar-refractivity contribution in [1.82, 2.24) is 9.55 Å². The maximum atomic E-state index is 12.0. The fourth-order valence-corrected chi connectivity index (χ4v) is 3.91. The molecule has 0 aliphatic heterocycles. The number of aryl methyl sites for hydroxylation is 1. The van der Waals surface area contributed by atoms with Gasteiger partial charge in [-0.15, -0.1) is 0 Å². The summed E-state index contributed by atoms with van der Waals surface area (Å²) in [7, 11) is 0. The Morgan fingerprint density at radius 1 is 1.43 bits per heavy atom. The second kappa shape index (κ2) is 7.24. The van der Waals surface area contributed by atoms with Gasteiger partial charge in [0, 0.05) is 34.6 Å². The van der Waals surface area contributed by atoms with Crippen molar-refractivity contribution in [3.63, 3.8) is 0 Å². The van der Waals surface area contributed by atoms with E-state index in [4.69, 9.17) is 0 Å². The SMILES string of the molecule is Cc1cn([C@@H]2C[C@H](CO)[C@@H](CC(Br)CBr)C2)c(=O)[nH]c1=O. The molecule has 0 aromatic carbocycles. The first kappa shape index (κ1) is 17.0. The van der Waals surface area contributed by atoms with E-state index in [0.717, 1.165) is 24.6 Å². The summed E-state index contributed by atoms with van der Waals surface area (Å²) < 4.78 is 1.62. The molecule has 1 saturated carbocycles. The number of rotatable bonds is 5. The maximum absolute atomic E-state index is 12.0. The molecule has 1 aromatic heterocycles. The number of hydrogen-bond acceptors (Lipinski definition) is 3. The predicted molar refractivity (Wildman–Crippen MR) is 89.5 cm³/mol. The second-order valence-electron chi connectivity index (χ2n) is 5.79. The van der Waals surface area contributed by atoms with Gasteiger partial charge in [0.25, 0.3) is 5.56 Å². The Labute approximate surface area is 140 Å². The minimum absolute atomic E-state index is 0.0465. The van der Waals surface area contributed by atoms with Gasteiger partial charge >= 0.3 is 5.69 Å². The fourth-order valence-electron chi connectivity index (χ4n) is 3.17. The molecular weight excluding hydrogens is 404 g/mol. The molecule has 21 heavy (non-hydrogen) atoms. The van der Waals surface area contributed by atoms with Crippen LogP contribution in [0.2, 0.25) is 0 Å². The van der Waals surface area contributed by atoms with E-state index >= 15 is 0 Å². The molecule has 1 unspecified atom stereocenters. The Bertz CT molecular complexity index is 599. The van der Waals surface area contributed by atoms with Crippen LogP contribution in [0.5, 0.6) is 0 Å². The number of nitrogens with one attached hydrogen (secondary N) is 1. The largest absolute Gasteiger partial charge is 0.396 e. The van der Waals surface area contributed by atoms with Gasteiger partial charge < -0.3 is 5.11 Å². The zero-order valence-corrected chi connectivity index (χ0v) is 15.1. The molecular formula is C14H20Br2N2O3. The van der Waals surface area contributed by atoms with Crippen molar-refractivity contribution in [2.45, 2.75) is 37.1 Å². The second-order valence-corrected chi connectivity index (χ2v) is 7.74. The van der Waals surface area contributed by atoms with Gasteiger partial charge in [-0.25, -0.2) is 4.79 Å². The first-order valence-corrected chi connectivity index (χ1v) is 9.13. The van der Waals surface area contributed by atoms with Crippen LogP contribution in [0.3, 0.4) is 0 Å². The van der Waals surface area contributed by atoms with Crippen molar-refractivity contribution in [3.8, 4) is 0 Å². The molecule has 1 heterocycles. The molecule has 0 spiro atoms. The van der Waals surface area contributed by atoms with E-state index in [-0.39, 0.29) is 29.8 Å². The maximum Gasteiger partial charge on any atom is 0.328 e. The Hall–Kier alpha value is -0.400. The Morgan fingerprint density at radius 3 is 2.71 bits per heavy atom. The van der Waals surface area contributed by atoms with E-state index in [1.807, 2.05) is 0 Å². The molecule has 0 radical (unpaired) electrons. The van der Waals surface area contributed by atoms with Crippen molar-refractivity contribution in [2.75, 3.05) is 11.9 Å². The fraction of sp³-hybridized carbons (Fsp3) is 0.714. The highest BCUT2D eigenvalue weighted by molar-refractivity contribution is 9.12. The van der Waals surface area contributed by atoms with Crippen molar-refractivity contribution < 1.29 is 5.11 Å². The molecule has 0 amide bonds. The van der Waals surface area contributed by atoms with Crippen LogP contribution in [0.25, 0.3) is 0 Å². The lowest BCUT2D eigenvalue weighted by molar-refractivity contribution is 0.189. The number of H-pyrrole nitrogens is 1. The van der Waals surface area contributed by atoms with Crippen LogP contribution in [0.1, 0.15) is 30.9 Å². The zero-order chi connectivity index (χ0) is 15.6. The number of aliphatic hydroxyl groups excluding tert-OH is 1. The molecule has 1 fully saturated rings. The van der Waals surface area contributed by atoms with Crippen molar-refractivity contribution in [3.05, 3.63) is 32.6 Å². The van der Waals surface area contributed by atoms with E-state index < -0.39 is 0 Å². The van der Waals surface area contributed by atoms with E-state index in [2.05, 4.69) is 36.8 Å². The normalized spacial score (nSPS) is 27.0. The molecule has 0 bridgehead atoms. The standard InChI is InChI=1S/C14H20Br2N2O3/c1-8-6-18(14(21)17-13(8)20)12-3-9(2-11(16)5-15)10(4-12)7-19/h6,9-12,19H,2-5,7H2,1H3,(H,17,20,21)/t9-,10+,11?,12-/m0/s1. The molecule has 2 rings (SSSR count). The average molecular weight is 424 g/mol. The summed E-state index contributed by atoms with van der Waals surface area (Å²) in [5.74, 6) is 0.578. The highest BCUT2D eigenvalue weighted by Gasteiger charge is 2.36. The first-order chi connectivity index (χ1) is 9.96. The molecule has 1 aromatic rings. The van der Waals surface area contributed by atoms with Gasteiger partial charge in [-0.2, -0.15) is 0 Å². The first-order valence-electron chi connectivity index (χ1n) is 7.09.